The Balaban J connectivity index is 1.82. The lowest BCUT2D eigenvalue weighted by Crippen LogP contribution is -2.29. The van der Waals surface area contributed by atoms with E-state index in [1.807, 2.05) is 6.92 Å². The Bertz CT molecular complexity index is 1340. The van der Waals surface area contributed by atoms with Crippen molar-refractivity contribution in [1.82, 2.24) is 4.98 Å². The number of carbonyl (C=O) groups excluding carboxylic acids is 3. The van der Waals surface area contributed by atoms with Gasteiger partial charge >= 0.3 is 5.97 Å². The minimum absolute atomic E-state index is 0.130. The molecule has 0 bridgehead atoms. The van der Waals surface area contributed by atoms with E-state index >= 15 is 0 Å². The molecule has 1 saturated heterocycles. The van der Waals surface area contributed by atoms with E-state index in [1.165, 1.54) is 48.5 Å². The predicted octanol–water partition coefficient (Wildman–Crippen LogP) is 4.94. The number of anilines is 1. The number of aromatic nitrogens is 1. The molecule has 1 atom stereocenters. The van der Waals surface area contributed by atoms with E-state index < -0.39 is 23.7 Å². The van der Waals surface area contributed by atoms with Gasteiger partial charge < -0.3 is 14.6 Å². The van der Waals surface area contributed by atoms with Crippen LogP contribution in [-0.2, 0) is 14.3 Å². The second kappa shape index (κ2) is 10.6. The number of ketones is 1. The number of hydrogen-bond donors (Lipinski definition) is 1. The Morgan fingerprint density at radius 1 is 1.08 bits per heavy atom. The molecular weight excluding hydrogens is 484 g/mol. The highest BCUT2D eigenvalue weighted by molar-refractivity contribution is 6.51. The zero-order chi connectivity index (χ0) is 25.8. The van der Waals surface area contributed by atoms with Gasteiger partial charge in [-0.1, -0.05) is 24.6 Å². The number of aliphatic hydroxyl groups is 1. The Hall–Kier alpha value is -4.17. The van der Waals surface area contributed by atoms with Crippen LogP contribution in [0.4, 0.5) is 5.69 Å². The van der Waals surface area contributed by atoms with Gasteiger partial charge in [-0.25, -0.2) is 4.79 Å². The van der Waals surface area contributed by atoms with Crippen LogP contribution in [0.1, 0.15) is 41.0 Å². The number of amides is 1. The standard InChI is InChI=1S/C27H23ClN2O6/c1-3-14-36-27(34)16-7-10-18(11-8-16)30-23(20-6-4-5-13-29-20)22(25(32)26(30)33)24(31)17-9-12-19(28)21(15-17)35-2/h4-13,15,23,31H,3,14H2,1-2H3/b24-22-. The minimum atomic E-state index is -1.01. The fourth-order valence-electron chi connectivity index (χ4n) is 3.92. The molecule has 2 aromatic carbocycles. The first-order valence-electron chi connectivity index (χ1n) is 11.2. The zero-order valence-electron chi connectivity index (χ0n) is 19.6. The number of halogens is 1. The number of esters is 1. The molecule has 1 unspecified atom stereocenters. The highest BCUT2D eigenvalue weighted by Gasteiger charge is 2.47. The van der Waals surface area contributed by atoms with E-state index in [2.05, 4.69) is 4.98 Å². The van der Waals surface area contributed by atoms with Gasteiger partial charge in [0.25, 0.3) is 11.7 Å². The normalized spacial score (nSPS) is 16.8. The number of nitrogens with zero attached hydrogens (tertiary/aromatic N) is 2. The molecule has 4 rings (SSSR count). The molecule has 36 heavy (non-hydrogen) atoms. The van der Waals surface area contributed by atoms with Gasteiger partial charge in [0.2, 0.25) is 0 Å². The number of methoxy groups -OCH3 is 1. The van der Waals surface area contributed by atoms with Crippen molar-refractivity contribution in [2.75, 3.05) is 18.6 Å². The second-order valence-electron chi connectivity index (χ2n) is 7.96. The van der Waals surface area contributed by atoms with Gasteiger partial charge in [-0.05, 0) is 61.0 Å². The molecule has 1 aliphatic heterocycles. The number of carbonyl (C=O) groups is 3. The molecule has 184 valence electrons. The van der Waals surface area contributed by atoms with Crippen LogP contribution in [0, 0.1) is 0 Å². The van der Waals surface area contributed by atoms with Crippen molar-refractivity contribution in [2.45, 2.75) is 19.4 Å². The molecule has 8 nitrogen and oxygen atoms in total. The van der Waals surface area contributed by atoms with E-state index in [1.54, 1.807) is 30.3 Å². The van der Waals surface area contributed by atoms with E-state index in [0.29, 0.717) is 40.7 Å². The molecule has 0 aliphatic carbocycles. The second-order valence-corrected chi connectivity index (χ2v) is 8.36. The molecule has 9 heteroatoms. The van der Waals surface area contributed by atoms with E-state index in [-0.39, 0.29) is 16.9 Å². The average molecular weight is 507 g/mol. The lowest BCUT2D eigenvalue weighted by atomic mass is 9.98. The van der Waals surface area contributed by atoms with Crippen molar-refractivity contribution in [3.8, 4) is 5.75 Å². The van der Waals surface area contributed by atoms with Crippen molar-refractivity contribution in [3.05, 3.63) is 94.3 Å². The van der Waals surface area contributed by atoms with Gasteiger partial charge in [-0.2, -0.15) is 0 Å². The monoisotopic (exact) mass is 506 g/mol. The molecule has 1 fully saturated rings. The molecule has 3 aromatic rings. The zero-order valence-corrected chi connectivity index (χ0v) is 20.4. The Morgan fingerprint density at radius 3 is 2.44 bits per heavy atom. The molecule has 0 saturated carbocycles. The van der Waals surface area contributed by atoms with Crippen molar-refractivity contribution >= 4 is 40.7 Å². The summed E-state index contributed by atoms with van der Waals surface area (Å²) in [5.74, 6) is -2.28. The number of hydrogen-bond acceptors (Lipinski definition) is 7. The van der Waals surface area contributed by atoms with Crippen LogP contribution >= 0.6 is 11.6 Å². The third-order valence-electron chi connectivity index (χ3n) is 5.66. The van der Waals surface area contributed by atoms with Crippen molar-refractivity contribution in [1.29, 1.82) is 0 Å². The third-order valence-corrected chi connectivity index (χ3v) is 5.97. The van der Waals surface area contributed by atoms with Gasteiger partial charge in [0.05, 0.1) is 35.6 Å². The summed E-state index contributed by atoms with van der Waals surface area (Å²) in [6, 6.07) is 14.8. The van der Waals surface area contributed by atoms with Crippen molar-refractivity contribution < 1.29 is 29.0 Å². The molecule has 2 heterocycles. The van der Waals surface area contributed by atoms with E-state index in [9.17, 15) is 19.5 Å². The summed E-state index contributed by atoms with van der Waals surface area (Å²) in [5.41, 5.74) is 1.17. The fraction of sp³-hybridized carbons (Fsp3) is 0.185. The number of pyridine rings is 1. The lowest BCUT2D eigenvalue weighted by Gasteiger charge is -2.24. The van der Waals surface area contributed by atoms with E-state index in [0.717, 1.165) is 0 Å². The largest absolute Gasteiger partial charge is 0.507 e. The Morgan fingerprint density at radius 2 is 1.81 bits per heavy atom. The van der Waals surface area contributed by atoms with Gasteiger partial charge in [0.1, 0.15) is 17.6 Å². The molecule has 1 N–H and O–H groups in total. The summed E-state index contributed by atoms with van der Waals surface area (Å²) in [7, 11) is 1.43. The third kappa shape index (κ3) is 4.67. The Kier molecular flexibility index (Phi) is 7.36. The summed E-state index contributed by atoms with van der Waals surface area (Å²) < 4.78 is 10.4. The smallest absolute Gasteiger partial charge is 0.338 e. The number of ether oxygens (including phenoxy) is 2. The van der Waals surface area contributed by atoms with Gasteiger partial charge in [-0.3, -0.25) is 19.5 Å². The van der Waals surface area contributed by atoms with Gasteiger partial charge in [0.15, 0.2) is 0 Å². The van der Waals surface area contributed by atoms with Gasteiger partial charge in [0, 0.05) is 17.4 Å². The topological polar surface area (TPSA) is 106 Å². The first-order valence-corrected chi connectivity index (χ1v) is 11.6. The van der Waals surface area contributed by atoms with E-state index in [4.69, 9.17) is 21.1 Å². The summed E-state index contributed by atoms with van der Waals surface area (Å²) in [6.07, 6.45) is 2.23. The highest BCUT2D eigenvalue weighted by atomic mass is 35.5. The van der Waals surface area contributed by atoms with Crippen LogP contribution in [-0.4, -0.2) is 41.5 Å². The quantitative estimate of drug-likeness (QED) is 0.209. The molecule has 1 amide bonds. The summed E-state index contributed by atoms with van der Waals surface area (Å²) in [5, 5.41) is 11.5. The number of Topliss-reactive ketones (excluding diaryl/α,β-unsaturated/α-hetero) is 1. The fourth-order valence-corrected chi connectivity index (χ4v) is 4.11. The molecule has 0 radical (unpaired) electrons. The van der Waals surface area contributed by atoms with Crippen LogP contribution in [0.15, 0.2) is 72.4 Å². The molecule has 1 aromatic heterocycles. The predicted molar refractivity (Wildman–Crippen MR) is 134 cm³/mol. The lowest BCUT2D eigenvalue weighted by molar-refractivity contribution is -0.132. The van der Waals surface area contributed by atoms with Crippen LogP contribution < -0.4 is 9.64 Å². The summed E-state index contributed by atoms with van der Waals surface area (Å²) in [4.78, 5) is 44.3. The first-order chi connectivity index (χ1) is 17.4. The first kappa shape index (κ1) is 24.9. The van der Waals surface area contributed by atoms with Crippen LogP contribution in [0.25, 0.3) is 5.76 Å². The molecule has 0 spiro atoms. The van der Waals surface area contributed by atoms with Crippen molar-refractivity contribution in [2.24, 2.45) is 0 Å². The number of aliphatic hydroxyl groups excluding tert-OH is 1. The number of benzene rings is 2. The SMILES string of the molecule is CCCOC(=O)c1ccc(N2C(=O)C(=O)/C(=C(\O)c3ccc(Cl)c(OC)c3)C2c2ccccn2)cc1. The summed E-state index contributed by atoms with van der Waals surface area (Å²) in [6.45, 7) is 2.19. The van der Waals surface area contributed by atoms with Gasteiger partial charge in [-0.15, -0.1) is 0 Å². The van der Waals surface area contributed by atoms with Crippen molar-refractivity contribution in [3.63, 3.8) is 0 Å². The maximum absolute atomic E-state index is 13.2. The number of rotatable bonds is 7. The molecular formula is C27H23ClN2O6. The Labute approximate surface area is 212 Å². The van der Waals surface area contributed by atoms with Crippen LogP contribution in [0.2, 0.25) is 5.02 Å². The average Bonchev–Trinajstić information content (AvgIpc) is 3.17. The maximum atomic E-state index is 13.2. The molecule has 1 aliphatic rings. The highest BCUT2D eigenvalue weighted by Crippen LogP contribution is 2.42. The summed E-state index contributed by atoms with van der Waals surface area (Å²) >= 11 is 6.11. The minimum Gasteiger partial charge on any atom is -0.507 e. The van der Waals surface area contributed by atoms with Crippen LogP contribution in [0.3, 0.4) is 0 Å². The maximum Gasteiger partial charge on any atom is 0.338 e. The van der Waals surface area contributed by atoms with Crippen LogP contribution in [0.5, 0.6) is 5.75 Å².